The molecule has 0 aliphatic carbocycles. The molecule has 1 heterocycles. The van der Waals surface area contributed by atoms with Gasteiger partial charge < -0.3 is 4.90 Å². The summed E-state index contributed by atoms with van der Waals surface area (Å²) >= 11 is 0. The standard InChI is InChI=1S/C17H26N2O4S2/c1-4-18(5-2)25(22,23)16-8-6-15(7-9-16)17(20)19-11-13-24(21)12-10-14(19)3/h6-9,14H,4-5,10-13H2,1-3H3. The monoisotopic (exact) mass is 386 g/mol. The minimum Gasteiger partial charge on any atom is -0.335 e. The van der Waals surface area contributed by atoms with Gasteiger partial charge in [-0.3, -0.25) is 9.00 Å². The predicted molar refractivity (Wildman–Crippen MR) is 99.5 cm³/mol. The molecule has 2 rings (SSSR count). The van der Waals surface area contributed by atoms with Gasteiger partial charge in [-0.15, -0.1) is 0 Å². The fraction of sp³-hybridized carbons (Fsp3) is 0.588. The molecule has 25 heavy (non-hydrogen) atoms. The molecule has 6 nitrogen and oxygen atoms in total. The Hall–Kier alpha value is -1.25. The van der Waals surface area contributed by atoms with Crippen molar-refractivity contribution < 1.29 is 17.4 Å². The zero-order valence-electron chi connectivity index (χ0n) is 15.0. The first-order valence-corrected chi connectivity index (χ1v) is 11.5. The number of amides is 1. The molecule has 0 spiro atoms. The molecule has 1 aromatic carbocycles. The number of hydrogen-bond acceptors (Lipinski definition) is 4. The van der Waals surface area contributed by atoms with Gasteiger partial charge in [-0.2, -0.15) is 4.31 Å². The number of sulfonamides is 1. The molecule has 2 atom stereocenters. The van der Waals surface area contributed by atoms with Gasteiger partial charge in [0.2, 0.25) is 10.0 Å². The second kappa shape index (κ2) is 8.42. The molecule has 8 heteroatoms. The lowest BCUT2D eigenvalue weighted by Crippen LogP contribution is -2.39. The van der Waals surface area contributed by atoms with Crippen molar-refractivity contribution in [3.05, 3.63) is 29.8 Å². The van der Waals surface area contributed by atoms with Crippen LogP contribution in [-0.2, 0) is 20.8 Å². The summed E-state index contributed by atoms with van der Waals surface area (Å²) in [5.74, 6) is 0.967. The van der Waals surface area contributed by atoms with E-state index in [1.165, 1.54) is 16.4 Å². The molecule has 0 saturated carbocycles. The van der Waals surface area contributed by atoms with E-state index in [0.29, 0.717) is 43.1 Å². The van der Waals surface area contributed by atoms with Gasteiger partial charge >= 0.3 is 0 Å². The molecule has 2 unspecified atom stereocenters. The highest BCUT2D eigenvalue weighted by atomic mass is 32.2. The number of carbonyl (C=O) groups is 1. The predicted octanol–water partition coefficient (Wildman–Crippen LogP) is 1.70. The highest BCUT2D eigenvalue weighted by Gasteiger charge is 2.26. The van der Waals surface area contributed by atoms with Crippen LogP contribution in [0.25, 0.3) is 0 Å². The number of nitrogens with zero attached hydrogens (tertiary/aromatic N) is 2. The Labute approximate surface area is 152 Å². The molecule has 1 fully saturated rings. The van der Waals surface area contributed by atoms with E-state index in [9.17, 15) is 17.4 Å². The molecule has 1 saturated heterocycles. The summed E-state index contributed by atoms with van der Waals surface area (Å²) in [4.78, 5) is 14.7. The van der Waals surface area contributed by atoms with Gasteiger partial charge in [-0.1, -0.05) is 13.8 Å². The fourth-order valence-corrected chi connectivity index (χ4v) is 5.60. The van der Waals surface area contributed by atoms with Crippen molar-refractivity contribution in [1.82, 2.24) is 9.21 Å². The Kier molecular flexibility index (Phi) is 6.76. The number of carbonyl (C=O) groups excluding carboxylic acids is 1. The first kappa shape index (κ1) is 20.1. The molecule has 0 aromatic heterocycles. The Morgan fingerprint density at radius 2 is 1.80 bits per heavy atom. The van der Waals surface area contributed by atoms with Crippen LogP contribution in [0.3, 0.4) is 0 Å². The maximum atomic E-state index is 12.7. The lowest BCUT2D eigenvalue weighted by molar-refractivity contribution is 0.0706. The number of benzene rings is 1. The van der Waals surface area contributed by atoms with Crippen molar-refractivity contribution in [3.63, 3.8) is 0 Å². The van der Waals surface area contributed by atoms with Crippen LogP contribution in [0.5, 0.6) is 0 Å². The van der Waals surface area contributed by atoms with Crippen LogP contribution in [0, 0.1) is 0 Å². The Balaban J connectivity index is 2.21. The topological polar surface area (TPSA) is 74.8 Å². The average molecular weight is 387 g/mol. The fourth-order valence-electron chi connectivity index (χ4n) is 2.93. The van der Waals surface area contributed by atoms with E-state index in [0.717, 1.165) is 0 Å². The lowest BCUT2D eigenvalue weighted by atomic mass is 10.1. The van der Waals surface area contributed by atoms with Crippen molar-refractivity contribution in [2.45, 2.75) is 38.1 Å². The van der Waals surface area contributed by atoms with Gasteiger partial charge in [0, 0.05) is 53.5 Å². The molecule has 1 aromatic rings. The lowest BCUT2D eigenvalue weighted by Gasteiger charge is -2.27. The third kappa shape index (κ3) is 4.48. The average Bonchev–Trinajstić information content (AvgIpc) is 2.76. The normalized spacial score (nSPS) is 22.0. The summed E-state index contributed by atoms with van der Waals surface area (Å²) in [5, 5.41) is 0. The van der Waals surface area contributed by atoms with E-state index in [4.69, 9.17) is 0 Å². The maximum Gasteiger partial charge on any atom is 0.254 e. The maximum absolute atomic E-state index is 12.7. The molecular weight excluding hydrogens is 360 g/mol. The first-order valence-electron chi connectivity index (χ1n) is 8.57. The van der Waals surface area contributed by atoms with Gasteiger partial charge in [-0.25, -0.2) is 8.42 Å². The zero-order chi connectivity index (χ0) is 18.6. The van der Waals surface area contributed by atoms with Crippen molar-refractivity contribution >= 4 is 26.7 Å². The van der Waals surface area contributed by atoms with Crippen LogP contribution in [0.15, 0.2) is 29.2 Å². The quantitative estimate of drug-likeness (QED) is 0.772. The third-order valence-electron chi connectivity index (χ3n) is 4.56. The molecule has 1 aliphatic heterocycles. The van der Waals surface area contributed by atoms with E-state index in [1.54, 1.807) is 30.9 Å². The summed E-state index contributed by atoms with van der Waals surface area (Å²) in [5.41, 5.74) is 0.457. The van der Waals surface area contributed by atoms with Crippen LogP contribution in [0.2, 0.25) is 0 Å². The SMILES string of the molecule is CCN(CC)S(=O)(=O)c1ccc(C(=O)N2CCS(=O)CCC2C)cc1. The third-order valence-corrected chi connectivity index (χ3v) is 7.95. The first-order chi connectivity index (χ1) is 11.8. The van der Waals surface area contributed by atoms with Crippen LogP contribution in [-0.4, -0.2) is 64.9 Å². The molecule has 0 radical (unpaired) electrons. The second-order valence-corrected chi connectivity index (χ2v) is 9.73. The van der Waals surface area contributed by atoms with Gasteiger partial charge in [0.1, 0.15) is 0 Å². The van der Waals surface area contributed by atoms with E-state index >= 15 is 0 Å². The second-order valence-electron chi connectivity index (χ2n) is 6.10. The summed E-state index contributed by atoms with van der Waals surface area (Å²) in [6.45, 7) is 6.82. The minimum absolute atomic E-state index is 0.0260. The van der Waals surface area contributed by atoms with E-state index in [1.807, 2.05) is 6.92 Å². The van der Waals surface area contributed by atoms with Crippen LogP contribution < -0.4 is 0 Å². The Bertz CT molecular complexity index is 728. The highest BCUT2D eigenvalue weighted by Crippen LogP contribution is 2.19. The van der Waals surface area contributed by atoms with Crippen molar-refractivity contribution in [2.75, 3.05) is 31.1 Å². The molecule has 0 bridgehead atoms. The smallest absolute Gasteiger partial charge is 0.254 e. The van der Waals surface area contributed by atoms with Crippen LogP contribution in [0.1, 0.15) is 37.6 Å². The molecule has 140 valence electrons. The molecule has 1 aliphatic rings. The van der Waals surface area contributed by atoms with E-state index in [-0.39, 0.29) is 16.8 Å². The van der Waals surface area contributed by atoms with Crippen molar-refractivity contribution in [1.29, 1.82) is 0 Å². The number of hydrogen-bond donors (Lipinski definition) is 0. The summed E-state index contributed by atoms with van der Waals surface area (Å²) in [7, 11) is -4.40. The zero-order valence-corrected chi connectivity index (χ0v) is 16.6. The van der Waals surface area contributed by atoms with Gasteiger partial charge in [0.15, 0.2) is 0 Å². The van der Waals surface area contributed by atoms with E-state index in [2.05, 4.69) is 0 Å². The van der Waals surface area contributed by atoms with Gasteiger partial charge in [0.25, 0.3) is 5.91 Å². The van der Waals surface area contributed by atoms with Gasteiger partial charge in [-0.05, 0) is 37.6 Å². The number of rotatable bonds is 5. The van der Waals surface area contributed by atoms with Crippen LogP contribution >= 0.6 is 0 Å². The summed E-state index contributed by atoms with van der Waals surface area (Å²) in [6, 6.07) is 6.13. The largest absolute Gasteiger partial charge is 0.335 e. The van der Waals surface area contributed by atoms with Crippen LogP contribution in [0.4, 0.5) is 0 Å². The summed E-state index contributed by atoms with van der Waals surface area (Å²) in [6.07, 6.45) is 0.715. The molecule has 1 amide bonds. The van der Waals surface area contributed by atoms with Crippen molar-refractivity contribution in [3.8, 4) is 0 Å². The summed E-state index contributed by atoms with van der Waals surface area (Å²) < 4.78 is 38.1. The Morgan fingerprint density at radius 3 is 2.36 bits per heavy atom. The van der Waals surface area contributed by atoms with Gasteiger partial charge in [0.05, 0.1) is 4.90 Å². The highest BCUT2D eigenvalue weighted by molar-refractivity contribution is 7.89. The Morgan fingerprint density at radius 1 is 1.20 bits per heavy atom. The molecular formula is C17H26N2O4S2. The van der Waals surface area contributed by atoms with E-state index < -0.39 is 20.8 Å². The van der Waals surface area contributed by atoms with Crippen molar-refractivity contribution in [2.24, 2.45) is 0 Å². The molecule has 0 N–H and O–H groups in total. The minimum atomic E-state index is -3.52.